The van der Waals surface area contributed by atoms with Gasteiger partial charge in [0.15, 0.2) is 11.5 Å². The molecule has 2 aromatic rings. The van der Waals surface area contributed by atoms with Crippen molar-refractivity contribution in [1.29, 1.82) is 0 Å². The molecule has 2 aromatic carbocycles. The molecule has 0 atom stereocenters. The second-order valence-electron chi connectivity index (χ2n) is 6.31. The Bertz CT molecular complexity index is 777. The van der Waals surface area contributed by atoms with E-state index in [1.807, 2.05) is 6.07 Å². The molecule has 1 amide bonds. The normalized spacial score (nSPS) is 13.8. The van der Waals surface area contributed by atoms with Crippen LogP contribution in [0.4, 0.5) is 5.69 Å². The number of halogens is 1. The summed E-state index contributed by atoms with van der Waals surface area (Å²) in [5.74, 6) is 1.51. The second-order valence-corrected chi connectivity index (χ2v) is 6.74. The van der Waals surface area contributed by atoms with Crippen molar-refractivity contribution in [3.63, 3.8) is 0 Å². The summed E-state index contributed by atoms with van der Waals surface area (Å²) in [5.41, 5.74) is 3.27. The maximum Gasteiger partial charge on any atom is 0.225 e. The quantitative estimate of drug-likeness (QED) is 0.836. The molecule has 1 aliphatic heterocycles. The topological polar surface area (TPSA) is 50.8 Å². The summed E-state index contributed by atoms with van der Waals surface area (Å²) < 4.78 is 10.8. The van der Waals surface area contributed by atoms with Crippen molar-refractivity contribution in [3.05, 3.63) is 52.5 Å². The van der Waals surface area contributed by atoms with Crippen molar-refractivity contribution < 1.29 is 14.3 Å². The molecule has 0 radical (unpaired) electrons. The van der Waals surface area contributed by atoms with Crippen LogP contribution in [0.15, 0.2) is 36.4 Å². The van der Waals surface area contributed by atoms with E-state index in [2.05, 4.69) is 16.3 Å². The van der Waals surface area contributed by atoms with Gasteiger partial charge in [-0.2, -0.15) is 0 Å². The zero-order chi connectivity index (χ0) is 18.5. The van der Waals surface area contributed by atoms with E-state index in [0.717, 1.165) is 36.7 Å². The Balaban J connectivity index is 1.55. The Morgan fingerprint density at radius 3 is 2.42 bits per heavy atom. The summed E-state index contributed by atoms with van der Waals surface area (Å²) in [6, 6.07) is 11.2. The minimum atomic E-state index is 0.00503. The minimum Gasteiger partial charge on any atom is -0.493 e. The summed E-state index contributed by atoms with van der Waals surface area (Å²) >= 11 is 5.86. The van der Waals surface area contributed by atoms with Crippen LogP contribution >= 0.6 is 11.6 Å². The van der Waals surface area contributed by atoms with E-state index in [1.54, 1.807) is 38.5 Å². The van der Waals surface area contributed by atoms with Crippen molar-refractivity contribution in [3.8, 4) is 11.5 Å². The number of carbonyl (C=O) groups excluding carboxylic acids is 1. The highest BCUT2D eigenvalue weighted by molar-refractivity contribution is 6.30. The molecule has 1 aliphatic rings. The molecule has 1 N–H and O–H groups in total. The number of fused-ring (bicyclic) bond motifs is 1. The standard InChI is InChI=1S/C20H23ClN2O3/c1-25-18-11-14-7-9-23(13-15(14)12-19(18)26-2)10-8-20(24)22-17-5-3-16(21)4-6-17/h3-6,11-12H,7-10,13H2,1-2H3,(H,22,24). The molecular formula is C20H23ClN2O3. The van der Waals surface area contributed by atoms with Gasteiger partial charge in [-0.3, -0.25) is 9.69 Å². The van der Waals surface area contributed by atoms with Crippen LogP contribution in [-0.2, 0) is 17.8 Å². The minimum absolute atomic E-state index is 0.00503. The van der Waals surface area contributed by atoms with Gasteiger partial charge in [0.05, 0.1) is 14.2 Å². The lowest BCUT2D eigenvalue weighted by atomic mass is 9.98. The molecule has 0 bridgehead atoms. The molecule has 138 valence electrons. The van der Waals surface area contributed by atoms with Crippen LogP contribution in [0, 0.1) is 0 Å². The first-order valence-corrected chi connectivity index (χ1v) is 8.98. The van der Waals surface area contributed by atoms with Crippen LogP contribution in [0.3, 0.4) is 0 Å². The highest BCUT2D eigenvalue weighted by Crippen LogP contribution is 2.33. The van der Waals surface area contributed by atoms with E-state index in [9.17, 15) is 4.79 Å². The Kier molecular flexibility index (Phi) is 6.01. The molecule has 0 saturated heterocycles. The van der Waals surface area contributed by atoms with Gasteiger partial charge < -0.3 is 14.8 Å². The van der Waals surface area contributed by atoms with E-state index in [-0.39, 0.29) is 5.91 Å². The van der Waals surface area contributed by atoms with Crippen molar-refractivity contribution in [2.45, 2.75) is 19.4 Å². The Morgan fingerprint density at radius 2 is 1.77 bits per heavy atom. The Hall–Kier alpha value is -2.24. The molecule has 0 saturated carbocycles. The number of amides is 1. The molecule has 26 heavy (non-hydrogen) atoms. The van der Waals surface area contributed by atoms with Crippen LogP contribution in [0.25, 0.3) is 0 Å². The third-order valence-electron chi connectivity index (χ3n) is 4.58. The zero-order valence-corrected chi connectivity index (χ0v) is 15.8. The smallest absolute Gasteiger partial charge is 0.225 e. The Morgan fingerprint density at radius 1 is 1.12 bits per heavy atom. The monoisotopic (exact) mass is 374 g/mol. The molecule has 0 unspecified atom stereocenters. The fourth-order valence-corrected chi connectivity index (χ4v) is 3.27. The van der Waals surface area contributed by atoms with E-state index in [0.29, 0.717) is 18.0 Å². The number of anilines is 1. The van der Waals surface area contributed by atoms with Gasteiger partial charge in [-0.15, -0.1) is 0 Å². The highest BCUT2D eigenvalue weighted by atomic mass is 35.5. The fraction of sp³-hybridized carbons (Fsp3) is 0.350. The van der Waals surface area contributed by atoms with Gasteiger partial charge in [0, 0.05) is 36.8 Å². The van der Waals surface area contributed by atoms with Crippen molar-refractivity contribution in [1.82, 2.24) is 4.90 Å². The molecule has 0 fully saturated rings. The molecule has 1 heterocycles. The van der Waals surface area contributed by atoms with Gasteiger partial charge in [-0.25, -0.2) is 0 Å². The average molecular weight is 375 g/mol. The third-order valence-corrected chi connectivity index (χ3v) is 4.83. The molecule has 6 heteroatoms. The average Bonchev–Trinajstić information content (AvgIpc) is 2.66. The van der Waals surface area contributed by atoms with Crippen LogP contribution in [0.2, 0.25) is 5.02 Å². The van der Waals surface area contributed by atoms with Crippen LogP contribution in [0.5, 0.6) is 11.5 Å². The molecule has 0 aliphatic carbocycles. The van der Waals surface area contributed by atoms with Crippen molar-refractivity contribution in [2.24, 2.45) is 0 Å². The largest absolute Gasteiger partial charge is 0.493 e. The summed E-state index contributed by atoms with van der Waals surface area (Å²) in [4.78, 5) is 14.4. The number of nitrogens with one attached hydrogen (secondary N) is 1. The SMILES string of the molecule is COc1cc2c(cc1OC)CN(CCC(=O)Nc1ccc(Cl)cc1)CC2. The van der Waals surface area contributed by atoms with Crippen molar-refractivity contribution in [2.75, 3.05) is 32.6 Å². The maximum atomic E-state index is 12.2. The third kappa shape index (κ3) is 4.48. The van der Waals surface area contributed by atoms with E-state index >= 15 is 0 Å². The molecular weight excluding hydrogens is 352 g/mol. The fourth-order valence-electron chi connectivity index (χ4n) is 3.15. The lowest BCUT2D eigenvalue weighted by Crippen LogP contribution is -2.33. The van der Waals surface area contributed by atoms with Gasteiger partial charge in [0.25, 0.3) is 0 Å². The summed E-state index contributed by atoms with van der Waals surface area (Å²) in [7, 11) is 3.30. The number of carbonyl (C=O) groups is 1. The van der Waals surface area contributed by atoms with Gasteiger partial charge in [-0.05, 0) is 53.9 Å². The van der Waals surface area contributed by atoms with Crippen molar-refractivity contribution >= 4 is 23.2 Å². The van der Waals surface area contributed by atoms with E-state index in [1.165, 1.54) is 11.1 Å². The van der Waals surface area contributed by atoms with E-state index < -0.39 is 0 Å². The first-order chi connectivity index (χ1) is 12.6. The van der Waals surface area contributed by atoms with Crippen LogP contribution in [-0.4, -0.2) is 38.1 Å². The Labute approximate surface area is 158 Å². The molecule has 0 spiro atoms. The molecule has 3 rings (SSSR count). The number of hydrogen-bond acceptors (Lipinski definition) is 4. The number of methoxy groups -OCH3 is 2. The van der Waals surface area contributed by atoms with Crippen LogP contribution < -0.4 is 14.8 Å². The molecule has 5 nitrogen and oxygen atoms in total. The second kappa shape index (κ2) is 8.43. The van der Waals surface area contributed by atoms with Gasteiger partial charge in [0.2, 0.25) is 5.91 Å². The lowest BCUT2D eigenvalue weighted by Gasteiger charge is -2.29. The number of hydrogen-bond donors (Lipinski definition) is 1. The van der Waals surface area contributed by atoms with Crippen LogP contribution in [0.1, 0.15) is 17.5 Å². The van der Waals surface area contributed by atoms with Gasteiger partial charge in [-0.1, -0.05) is 11.6 Å². The molecule has 0 aromatic heterocycles. The predicted octanol–water partition coefficient (Wildman–Crippen LogP) is 3.74. The highest BCUT2D eigenvalue weighted by Gasteiger charge is 2.19. The summed E-state index contributed by atoms with van der Waals surface area (Å²) in [6.07, 6.45) is 1.39. The maximum absolute atomic E-state index is 12.2. The van der Waals surface area contributed by atoms with E-state index in [4.69, 9.17) is 21.1 Å². The summed E-state index contributed by atoms with van der Waals surface area (Å²) in [5, 5.41) is 3.56. The lowest BCUT2D eigenvalue weighted by molar-refractivity contribution is -0.116. The number of nitrogens with zero attached hydrogens (tertiary/aromatic N) is 1. The first kappa shape index (κ1) is 18.5. The number of benzene rings is 2. The summed E-state index contributed by atoms with van der Waals surface area (Å²) in [6.45, 7) is 2.45. The number of rotatable bonds is 6. The van der Waals surface area contributed by atoms with Gasteiger partial charge >= 0.3 is 0 Å². The zero-order valence-electron chi connectivity index (χ0n) is 15.0. The van der Waals surface area contributed by atoms with Gasteiger partial charge in [0.1, 0.15) is 0 Å². The predicted molar refractivity (Wildman–Crippen MR) is 103 cm³/mol. The number of ether oxygens (including phenoxy) is 2. The first-order valence-electron chi connectivity index (χ1n) is 8.60.